The van der Waals surface area contributed by atoms with Crippen molar-refractivity contribution in [3.05, 3.63) is 11.7 Å². The molecule has 0 saturated carbocycles. The molecule has 19 heavy (non-hydrogen) atoms. The van der Waals surface area contributed by atoms with E-state index in [-0.39, 0.29) is 5.41 Å². The van der Waals surface area contributed by atoms with E-state index >= 15 is 0 Å². The zero-order chi connectivity index (χ0) is 13.3. The van der Waals surface area contributed by atoms with Crippen molar-refractivity contribution in [2.75, 3.05) is 24.6 Å². The molecule has 0 amide bonds. The number of rotatable bonds is 2. The third-order valence-corrected chi connectivity index (χ3v) is 7.19. The second-order valence-electron chi connectivity index (χ2n) is 5.64. The van der Waals surface area contributed by atoms with Gasteiger partial charge >= 0.3 is 0 Å². The van der Waals surface area contributed by atoms with Gasteiger partial charge in [-0.05, 0) is 25.9 Å². The van der Waals surface area contributed by atoms with Crippen LogP contribution in [0.3, 0.4) is 0 Å². The van der Waals surface area contributed by atoms with Crippen molar-refractivity contribution >= 4 is 23.5 Å². The predicted molar refractivity (Wildman–Crippen MR) is 80.9 cm³/mol. The van der Waals surface area contributed by atoms with Crippen LogP contribution in [0.15, 0.2) is 4.52 Å². The van der Waals surface area contributed by atoms with Gasteiger partial charge in [-0.15, -0.1) is 11.8 Å². The van der Waals surface area contributed by atoms with Crippen molar-refractivity contribution in [3.8, 4) is 0 Å². The van der Waals surface area contributed by atoms with Gasteiger partial charge in [-0.1, -0.05) is 19.0 Å². The summed E-state index contributed by atoms with van der Waals surface area (Å²) in [5.74, 6) is 4.16. The maximum Gasteiger partial charge on any atom is 0.232 e. The molecular weight excluding hydrogens is 278 g/mol. The molecule has 2 saturated heterocycles. The van der Waals surface area contributed by atoms with E-state index in [9.17, 15) is 0 Å². The van der Waals surface area contributed by atoms with Crippen molar-refractivity contribution in [3.63, 3.8) is 0 Å². The summed E-state index contributed by atoms with van der Waals surface area (Å²) in [5.41, 5.74) is 0.0617. The van der Waals surface area contributed by atoms with Gasteiger partial charge in [0.25, 0.3) is 0 Å². The molecule has 0 aromatic carbocycles. The number of nitrogens with zero attached hydrogens (tertiary/aromatic N) is 2. The summed E-state index contributed by atoms with van der Waals surface area (Å²) >= 11 is 3.98. The Morgan fingerprint density at radius 2 is 2.00 bits per heavy atom. The number of thioether (sulfide) groups is 2. The first kappa shape index (κ1) is 13.8. The molecule has 6 heteroatoms. The smallest absolute Gasteiger partial charge is 0.232 e. The number of nitrogens with one attached hydrogen (secondary N) is 1. The molecule has 3 heterocycles. The van der Waals surface area contributed by atoms with E-state index in [1.807, 2.05) is 23.5 Å². The second kappa shape index (κ2) is 5.66. The maximum atomic E-state index is 5.60. The summed E-state index contributed by atoms with van der Waals surface area (Å²) < 4.78 is 5.60. The minimum Gasteiger partial charge on any atom is -0.339 e. The normalized spacial score (nSPS) is 31.3. The van der Waals surface area contributed by atoms with Crippen LogP contribution < -0.4 is 5.32 Å². The third-order valence-electron chi connectivity index (χ3n) is 4.11. The van der Waals surface area contributed by atoms with Crippen LogP contribution in [0.25, 0.3) is 0 Å². The molecule has 106 valence electrons. The predicted octanol–water partition coefficient (Wildman–Crippen LogP) is 2.62. The fourth-order valence-corrected chi connectivity index (χ4v) is 5.38. The summed E-state index contributed by atoms with van der Waals surface area (Å²) in [6, 6.07) is 0. The molecule has 2 aliphatic heterocycles. The Morgan fingerprint density at radius 1 is 1.26 bits per heavy atom. The van der Waals surface area contributed by atoms with E-state index in [4.69, 9.17) is 9.51 Å². The van der Waals surface area contributed by atoms with E-state index in [1.165, 1.54) is 11.5 Å². The average molecular weight is 299 g/mol. The van der Waals surface area contributed by atoms with Crippen molar-refractivity contribution < 1.29 is 4.52 Å². The molecule has 2 atom stereocenters. The van der Waals surface area contributed by atoms with Gasteiger partial charge in [0.15, 0.2) is 5.82 Å². The minimum absolute atomic E-state index is 0.0617. The van der Waals surface area contributed by atoms with Gasteiger partial charge in [-0.2, -0.15) is 16.7 Å². The lowest BCUT2D eigenvalue weighted by Gasteiger charge is -2.30. The topological polar surface area (TPSA) is 51.0 Å². The SMILES string of the molecule is CC1SCCSC1c1noc(C2(C)CCNCC2)n1. The molecular formula is C13H21N3OS2. The van der Waals surface area contributed by atoms with Crippen LogP contribution in [0.5, 0.6) is 0 Å². The molecule has 1 aromatic heterocycles. The molecule has 2 fully saturated rings. The fraction of sp³-hybridized carbons (Fsp3) is 0.846. The van der Waals surface area contributed by atoms with Crippen LogP contribution in [0.2, 0.25) is 0 Å². The molecule has 0 radical (unpaired) electrons. The fourth-order valence-electron chi connectivity index (χ4n) is 2.70. The Hall–Kier alpha value is -0.200. The van der Waals surface area contributed by atoms with Gasteiger partial charge in [-0.25, -0.2) is 0 Å². The first-order chi connectivity index (χ1) is 9.19. The van der Waals surface area contributed by atoms with Crippen LogP contribution in [0.4, 0.5) is 0 Å². The molecule has 2 aliphatic rings. The largest absolute Gasteiger partial charge is 0.339 e. The zero-order valence-corrected chi connectivity index (χ0v) is 13.1. The van der Waals surface area contributed by atoms with Gasteiger partial charge in [0.1, 0.15) is 0 Å². The van der Waals surface area contributed by atoms with Gasteiger partial charge < -0.3 is 9.84 Å². The van der Waals surface area contributed by atoms with Crippen LogP contribution in [-0.2, 0) is 5.41 Å². The lowest BCUT2D eigenvalue weighted by atomic mass is 9.81. The summed E-state index contributed by atoms with van der Waals surface area (Å²) in [6.07, 6.45) is 2.16. The third kappa shape index (κ3) is 2.81. The van der Waals surface area contributed by atoms with E-state index in [0.717, 1.165) is 37.6 Å². The molecule has 1 aromatic rings. The number of hydrogen-bond donors (Lipinski definition) is 1. The molecule has 0 spiro atoms. The quantitative estimate of drug-likeness (QED) is 0.906. The molecule has 0 bridgehead atoms. The lowest BCUT2D eigenvalue weighted by molar-refractivity contribution is 0.240. The Kier molecular flexibility index (Phi) is 4.10. The molecule has 2 unspecified atom stereocenters. The lowest BCUT2D eigenvalue weighted by Crippen LogP contribution is -2.37. The first-order valence-electron chi connectivity index (χ1n) is 6.97. The summed E-state index contributed by atoms with van der Waals surface area (Å²) in [7, 11) is 0. The number of hydrogen-bond acceptors (Lipinski definition) is 6. The monoisotopic (exact) mass is 299 g/mol. The number of piperidine rings is 1. The van der Waals surface area contributed by atoms with Crippen LogP contribution in [0.1, 0.15) is 43.7 Å². The molecule has 0 aliphatic carbocycles. The van der Waals surface area contributed by atoms with E-state index in [2.05, 4.69) is 24.3 Å². The summed E-state index contributed by atoms with van der Waals surface area (Å²) in [6.45, 7) is 6.60. The van der Waals surface area contributed by atoms with Crippen molar-refractivity contribution in [1.29, 1.82) is 0 Å². The van der Waals surface area contributed by atoms with E-state index < -0.39 is 0 Å². The highest BCUT2D eigenvalue weighted by atomic mass is 32.2. The summed E-state index contributed by atoms with van der Waals surface area (Å²) in [5, 5.41) is 8.62. The standard InChI is InChI=1S/C13H21N3OS2/c1-9-10(19-8-7-18-9)11-15-12(17-16-11)13(2)3-5-14-6-4-13/h9-10,14H,3-8H2,1-2H3. The Balaban J connectivity index is 1.78. The van der Waals surface area contributed by atoms with Crippen LogP contribution in [-0.4, -0.2) is 40.0 Å². The molecule has 4 nitrogen and oxygen atoms in total. The Labute approximate surface area is 122 Å². The highest BCUT2D eigenvalue weighted by molar-refractivity contribution is 8.06. The Bertz CT molecular complexity index is 431. The van der Waals surface area contributed by atoms with Gasteiger partial charge in [-0.3, -0.25) is 0 Å². The first-order valence-corrected chi connectivity index (χ1v) is 9.07. The van der Waals surface area contributed by atoms with E-state index in [1.54, 1.807) is 0 Å². The molecule has 3 rings (SSSR count). The highest BCUT2D eigenvalue weighted by Crippen LogP contribution is 2.42. The summed E-state index contributed by atoms with van der Waals surface area (Å²) in [4.78, 5) is 4.74. The maximum absolute atomic E-state index is 5.60. The average Bonchev–Trinajstić information content (AvgIpc) is 2.90. The van der Waals surface area contributed by atoms with Crippen LogP contribution >= 0.6 is 23.5 Å². The van der Waals surface area contributed by atoms with Gasteiger partial charge in [0.2, 0.25) is 5.89 Å². The molecule has 1 N–H and O–H groups in total. The number of aromatic nitrogens is 2. The zero-order valence-electron chi connectivity index (χ0n) is 11.5. The van der Waals surface area contributed by atoms with Gasteiger partial charge in [0, 0.05) is 22.2 Å². The Morgan fingerprint density at radius 3 is 2.74 bits per heavy atom. The minimum atomic E-state index is 0.0617. The van der Waals surface area contributed by atoms with Crippen molar-refractivity contribution in [2.24, 2.45) is 0 Å². The van der Waals surface area contributed by atoms with Gasteiger partial charge in [0.05, 0.1) is 5.25 Å². The highest BCUT2D eigenvalue weighted by Gasteiger charge is 2.36. The van der Waals surface area contributed by atoms with E-state index in [0.29, 0.717) is 10.5 Å². The van der Waals surface area contributed by atoms with Crippen LogP contribution in [0, 0.1) is 0 Å². The van der Waals surface area contributed by atoms with Crippen molar-refractivity contribution in [2.45, 2.75) is 42.6 Å². The second-order valence-corrected chi connectivity index (χ2v) is 8.37. The van der Waals surface area contributed by atoms with Crippen molar-refractivity contribution in [1.82, 2.24) is 15.5 Å².